The molecule has 0 radical (unpaired) electrons. The summed E-state index contributed by atoms with van der Waals surface area (Å²) in [5.41, 5.74) is 10.9. The Labute approximate surface area is 239 Å². The van der Waals surface area contributed by atoms with Crippen molar-refractivity contribution in [3.8, 4) is 11.5 Å². The summed E-state index contributed by atoms with van der Waals surface area (Å²) < 4.78 is 5.86. The molecule has 5 rings (SSSR count). The minimum atomic E-state index is -0.586. The lowest BCUT2D eigenvalue weighted by atomic mass is 10.1. The van der Waals surface area contributed by atoms with E-state index in [9.17, 15) is 14.7 Å². The molecule has 41 heavy (non-hydrogen) atoms. The molecular weight excluding hydrogens is 514 g/mol. The number of aromatic nitrogens is 1. The minimum absolute atomic E-state index is 0.195. The molecule has 0 atom stereocenters. The van der Waals surface area contributed by atoms with E-state index in [1.54, 1.807) is 36.4 Å². The van der Waals surface area contributed by atoms with Gasteiger partial charge in [-0.05, 0) is 66.9 Å². The third kappa shape index (κ3) is 8.34. The zero-order valence-corrected chi connectivity index (χ0v) is 22.9. The fraction of sp³-hybridized carbons (Fsp3) is 0.118. The summed E-state index contributed by atoms with van der Waals surface area (Å²) in [6.45, 7) is 6.21. The summed E-state index contributed by atoms with van der Waals surface area (Å²) >= 11 is 0. The van der Waals surface area contributed by atoms with Gasteiger partial charge in [-0.15, -0.1) is 0 Å². The number of carbonyl (C=O) groups is 2. The first-order valence-electron chi connectivity index (χ1n) is 13.2. The van der Waals surface area contributed by atoms with Crippen LogP contribution in [0.4, 0.5) is 5.69 Å². The van der Waals surface area contributed by atoms with Crippen molar-refractivity contribution in [2.45, 2.75) is 19.8 Å². The van der Waals surface area contributed by atoms with E-state index in [0.29, 0.717) is 30.2 Å². The van der Waals surface area contributed by atoms with Crippen LogP contribution in [0.3, 0.4) is 0 Å². The molecule has 0 bridgehead atoms. The molecule has 0 saturated carbocycles. The van der Waals surface area contributed by atoms with Gasteiger partial charge in [0.1, 0.15) is 17.2 Å². The molecule has 2 amide bonds. The lowest BCUT2D eigenvalue weighted by Gasteiger charge is -2.13. The molecule has 5 N–H and O–H groups in total. The van der Waals surface area contributed by atoms with Crippen molar-refractivity contribution in [1.29, 1.82) is 0 Å². The molecule has 4 aromatic carbocycles. The van der Waals surface area contributed by atoms with E-state index in [2.05, 4.69) is 41.1 Å². The lowest BCUT2D eigenvalue weighted by molar-refractivity contribution is 0.0997. The number of aromatic amines is 1. The Morgan fingerprint density at radius 1 is 0.902 bits per heavy atom. The molecule has 0 aliphatic heterocycles. The highest BCUT2D eigenvalue weighted by atomic mass is 16.5. The van der Waals surface area contributed by atoms with Crippen molar-refractivity contribution < 1.29 is 19.4 Å². The van der Waals surface area contributed by atoms with Gasteiger partial charge < -0.3 is 25.9 Å². The Balaban J connectivity index is 0.000000328. The van der Waals surface area contributed by atoms with Gasteiger partial charge in [0, 0.05) is 22.9 Å². The first-order valence-corrected chi connectivity index (χ1v) is 13.2. The Morgan fingerprint density at radius 2 is 1.61 bits per heavy atom. The Kier molecular flexibility index (Phi) is 9.57. The van der Waals surface area contributed by atoms with Crippen LogP contribution >= 0.6 is 0 Å². The van der Waals surface area contributed by atoms with Crippen LogP contribution in [0.2, 0.25) is 0 Å². The molecule has 5 aromatic rings. The highest BCUT2D eigenvalue weighted by Gasteiger charge is 2.14. The fourth-order valence-electron chi connectivity index (χ4n) is 4.17. The van der Waals surface area contributed by atoms with E-state index in [-0.39, 0.29) is 17.2 Å². The molecule has 0 aliphatic carbocycles. The molecule has 7 nitrogen and oxygen atoms in total. The summed E-state index contributed by atoms with van der Waals surface area (Å²) in [5.74, 6) is -0.372. The second kappa shape index (κ2) is 13.7. The van der Waals surface area contributed by atoms with E-state index in [1.165, 1.54) is 23.3 Å². The summed E-state index contributed by atoms with van der Waals surface area (Å²) in [6.07, 6.45) is 1.58. The first kappa shape index (κ1) is 28.7. The predicted octanol–water partition coefficient (Wildman–Crippen LogP) is 6.65. The zero-order chi connectivity index (χ0) is 29.2. The van der Waals surface area contributed by atoms with E-state index in [0.717, 1.165) is 22.9 Å². The number of hydrogen-bond donors (Lipinski definition) is 4. The van der Waals surface area contributed by atoms with Crippen molar-refractivity contribution in [2.75, 3.05) is 11.9 Å². The maximum atomic E-state index is 12.8. The Hall–Kier alpha value is -5.30. The van der Waals surface area contributed by atoms with Gasteiger partial charge in [-0.3, -0.25) is 9.59 Å². The number of benzene rings is 4. The molecule has 0 spiro atoms. The number of primary amides is 1. The molecule has 0 saturated heterocycles. The number of nitrogens with one attached hydrogen (secondary N) is 2. The van der Waals surface area contributed by atoms with Crippen LogP contribution in [0.5, 0.6) is 11.5 Å². The van der Waals surface area contributed by atoms with Gasteiger partial charge in [-0.2, -0.15) is 0 Å². The van der Waals surface area contributed by atoms with Gasteiger partial charge >= 0.3 is 0 Å². The number of anilines is 1. The van der Waals surface area contributed by atoms with Crippen LogP contribution in [0.1, 0.15) is 38.9 Å². The number of rotatable bonds is 9. The quantitative estimate of drug-likeness (QED) is 0.155. The molecule has 0 unspecified atom stereocenters. The van der Waals surface area contributed by atoms with Crippen LogP contribution in [0.15, 0.2) is 115 Å². The van der Waals surface area contributed by atoms with Gasteiger partial charge in [0.15, 0.2) is 0 Å². The number of para-hydroxylation sites is 1. The van der Waals surface area contributed by atoms with Crippen LogP contribution < -0.4 is 15.8 Å². The average Bonchev–Trinajstić information content (AvgIpc) is 3.40. The number of H-pyrrole nitrogens is 1. The molecule has 208 valence electrons. The summed E-state index contributed by atoms with van der Waals surface area (Å²) in [7, 11) is 0. The van der Waals surface area contributed by atoms with E-state index >= 15 is 0 Å². The number of phenolic OH excluding ortho intramolecular Hbond substituents is 1. The maximum Gasteiger partial charge on any atom is 0.272 e. The third-order valence-corrected chi connectivity index (χ3v) is 6.22. The van der Waals surface area contributed by atoms with E-state index in [4.69, 9.17) is 10.5 Å². The van der Waals surface area contributed by atoms with Gasteiger partial charge in [-0.25, -0.2) is 0 Å². The molecule has 0 aliphatic rings. The largest absolute Gasteiger partial charge is 0.508 e. The van der Waals surface area contributed by atoms with Crippen molar-refractivity contribution in [1.82, 2.24) is 4.98 Å². The summed E-state index contributed by atoms with van der Waals surface area (Å²) in [4.78, 5) is 27.4. The van der Waals surface area contributed by atoms with E-state index < -0.39 is 5.91 Å². The van der Waals surface area contributed by atoms with E-state index in [1.807, 2.05) is 37.3 Å². The number of ether oxygens (including phenoxy) is 1. The molecular formula is C34H33N3O4. The number of aromatic hydroxyl groups is 1. The molecule has 0 fully saturated rings. The Bertz CT molecular complexity index is 1610. The van der Waals surface area contributed by atoms with Gasteiger partial charge in [0.05, 0.1) is 12.3 Å². The first-order chi connectivity index (χ1) is 19.8. The molecule has 1 heterocycles. The van der Waals surface area contributed by atoms with Crippen LogP contribution in [-0.2, 0) is 12.8 Å². The van der Waals surface area contributed by atoms with Crippen LogP contribution in [-0.4, -0.2) is 28.5 Å². The topological polar surface area (TPSA) is 117 Å². The zero-order valence-electron chi connectivity index (χ0n) is 22.9. The third-order valence-electron chi connectivity index (χ3n) is 6.22. The standard InChI is InChI=1S/C24H21N3O4.C10H12/c25-23(29)17-7-10-20(22(14-17)31-12-11-15-5-8-18(28)9-6-15)27-24(30)21-13-16-3-1-2-4-19(16)26-21;1-9(2)8-10-6-4-3-5-7-10/h1-10,13-14,26,28H,11-12H2,(H2,25,29)(H,27,30);3-7H,1,8H2,2H3. The smallest absolute Gasteiger partial charge is 0.272 e. The van der Waals surface area contributed by atoms with Crippen molar-refractivity contribution in [2.24, 2.45) is 5.73 Å². The van der Waals surface area contributed by atoms with Gasteiger partial charge in [-0.1, -0.05) is 72.8 Å². The number of carbonyl (C=O) groups excluding carboxylic acids is 2. The van der Waals surface area contributed by atoms with Crippen molar-refractivity contribution in [3.63, 3.8) is 0 Å². The number of allylic oxidation sites excluding steroid dienone is 1. The predicted molar refractivity (Wildman–Crippen MR) is 163 cm³/mol. The van der Waals surface area contributed by atoms with Crippen molar-refractivity contribution >= 4 is 28.4 Å². The maximum absolute atomic E-state index is 12.8. The van der Waals surface area contributed by atoms with Crippen LogP contribution in [0, 0.1) is 0 Å². The number of nitrogens with two attached hydrogens (primary N) is 1. The SMILES string of the molecule is C=C(C)Cc1ccccc1.NC(=O)c1ccc(NC(=O)c2cc3ccccc3[nH]2)c(OCCc2ccc(O)cc2)c1. The molecule has 7 heteroatoms. The normalized spacial score (nSPS) is 10.4. The summed E-state index contributed by atoms with van der Waals surface area (Å²) in [5, 5.41) is 13.1. The number of phenols is 1. The monoisotopic (exact) mass is 547 g/mol. The average molecular weight is 548 g/mol. The minimum Gasteiger partial charge on any atom is -0.508 e. The fourth-order valence-corrected chi connectivity index (χ4v) is 4.17. The summed E-state index contributed by atoms with van der Waals surface area (Å²) in [6, 6.07) is 31.2. The number of hydrogen-bond acceptors (Lipinski definition) is 4. The lowest BCUT2D eigenvalue weighted by Crippen LogP contribution is -2.15. The highest BCUT2D eigenvalue weighted by Crippen LogP contribution is 2.27. The number of amides is 2. The second-order valence-corrected chi connectivity index (χ2v) is 9.68. The van der Waals surface area contributed by atoms with Gasteiger partial charge in [0.25, 0.3) is 5.91 Å². The van der Waals surface area contributed by atoms with Crippen LogP contribution in [0.25, 0.3) is 10.9 Å². The molecule has 1 aromatic heterocycles. The van der Waals surface area contributed by atoms with Gasteiger partial charge in [0.2, 0.25) is 5.91 Å². The highest BCUT2D eigenvalue weighted by molar-refractivity contribution is 6.07. The number of fused-ring (bicyclic) bond motifs is 1. The Morgan fingerprint density at radius 3 is 2.29 bits per heavy atom. The second-order valence-electron chi connectivity index (χ2n) is 9.68. The van der Waals surface area contributed by atoms with Crippen molar-refractivity contribution in [3.05, 3.63) is 138 Å².